The van der Waals surface area contributed by atoms with Crippen LogP contribution >= 0.6 is 23.7 Å². The van der Waals surface area contributed by atoms with Crippen LogP contribution in [0.1, 0.15) is 0 Å². The number of urea groups is 1. The molecule has 0 radical (unpaired) electrons. The summed E-state index contributed by atoms with van der Waals surface area (Å²) < 4.78 is 8.09. The van der Waals surface area contributed by atoms with Gasteiger partial charge in [0.2, 0.25) is 0 Å². The van der Waals surface area contributed by atoms with Crippen molar-refractivity contribution in [3.63, 3.8) is 0 Å². The number of fused-ring (bicyclic) bond motifs is 1. The number of nitrogens with one attached hydrogen (secondary N) is 2. The van der Waals surface area contributed by atoms with Gasteiger partial charge in [-0.25, -0.2) is 4.79 Å². The SMILES string of the molecule is CSc1ccccc1SNC(=O)Nc1noc2cccc(N(C)C)c12. The van der Waals surface area contributed by atoms with Crippen LogP contribution in [0.25, 0.3) is 11.0 Å². The second-order valence-electron chi connectivity index (χ2n) is 5.38. The van der Waals surface area contributed by atoms with Crippen LogP contribution in [0.3, 0.4) is 0 Å². The van der Waals surface area contributed by atoms with E-state index in [1.165, 1.54) is 11.9 Å². The molecule has 8 heteroatoms. The van der Waals surface area contributed by atoms with Crippen molar-refractivity contribution < 1.29 is 9.32 Å². The summed E-state index contributed by atoms with van der Waals surface area (Å²) in [5.41, 5.74) is 1.55. The first kappa shape index (κ1) is 17.5. The van der Waals surface area contributed by atoms with Gasteiger partial charge in [-0.05, 0) is 42.5 Å². The van der Waals surface area contributed by atoms with E-state index < -0.39 is 0 Å². The molecule has 0 spiro atoms. The zero-order chi connectivity index (χ0) is 17.8. The Morgan fingerprint density at radius 2 is 1.88 bits per heavy atom. The molecule has 0 aliphatic rings. The highest BCUT2D eigenvalue weighted by Crippen LogP contribution is 2.32. The summed E-state index contributed by atoms with van der Waals surface area (Å²) in [6.45, 7) is 0. The van der Waals surface area contributed by atoms with Crippen LogP contribution in [0, 0.1) is 0 Å². The third-order valence-electron chi connectivity index (χ3n) is 3.51. The molecule has 130 valence electrons. The molecule has 25 heavy (non-hydrogen) atoms. The highest BCUT2D eigenvalue weighted by molar-refractivity contribution is 8.01. The lowest BCUT2D eigenvalue weighted by Crippen LogP contribution is -2.23. The molecule has 0 atom stereocenters. The fourth-order valence-electron chi connectivity index (χ4n) is 2.37. The number of anilines is 2. The Morgan fingerprint density at radius 1 is 1.12 bits per heavy atom. The highest BCUT2D eigenvalue weighted by atomic mass is 32.2. The summed E-state index contributed by atoms with van der Waals surface area (Å²) in [5, 5.41) is 7.51. The number of hydrogen-bond donors (Lipinski definition) is 2. The van der Waals surface area contributed by atoms with Crippen LogP contribution in [0.4, 0.5) is 16.3 Å². The molecule has 3 rings (SSSR count). The fourth-order valence-corrected chi connectivity index (χ4v) is 3.80. The molecule has 0 saturated carbocycles. The van der Waals surface area contributed by atoms with Gasteiger partial charge in [-0.2, -0.15) is 0 Å². The number of rotatable bonds is 5. The average Bonchev–Trinajstić information content (AvgIpc) is 3.03. The third kappa shape index (κ3) is 3.85. The Kier molecular flexibility index (Phi) is 5.40. The summed E-state index contributed by atoms with van der Waals surface area (Å²) in [4.78, 5) is 16.3. The molecule has 2 N–H and O–H groups in total. The second-order valence-corrected chi connectivity index (χ2v) is 7.08. The van der Waals surface area contributed by atoms with E-state index in [4.69, 9.17) is 4.52 Å². The number of hydrogen-bond acceptors (Lipinski definition) is 6. The molecule has 6 nitrogen and oxygen atoms in total. The number of amides is 2. The van der Waals surface area contributed by atoms with Crippen LogP contribution in [0.5, 0.6) is 0 Å². The first-order chi connectivity index (χ1) is 12.1. The Labute approximate surface area is 154 Å². The van der Waals surface area contributed by atoms with Gasteiger partial charge in [-0.15, -0.1) is 11.8 Å². The molecule has 0 aliphatic heterocycles. The minimum atomic E-state index is -0.357. The minimum Gasteiger partial charge on any atom is -0.377 e. The van der Waals surface area contributed by atoms with Crippen LogP contribution in [-0.2, 0) is 0 Å². The molecule has 0 unspecified atom stereocenters. The van der Waals surface area contributed by atoms with Gasteiger partial charge < -0.3 is 9.42 Å². The number of thioether (sulfide) groups is 1. The van der Waals surface area contributed by atoms with Crippen molar-refractivity contribution in [2.45, 2.75) is 9.79 Å². The van der Waals surface area contributed by atoms with Crippen molar-refractivity contribution in [3.05, 3.63) is 42.5 Å². The smallest absolute Gasteiger partial charge is 0.330 e. The number of carbonyl (C=O) groups excluding carboxylic acids is 1. The summed E-state index contributed by atoms with van der Waals surface area (Å²) in [6.07, 6.45) is 2.00. The fraction of sp³-hybridized carbons (Fsp3) is 0.176. The maximum absolute atomic E-state index is 12.3. The Balaban J connectivity index is 1.74. The van der Waals surface area contributed by atoms with Crippen molar-refractivity contribution in [2.75, 3.05) is 30.6 Å². The summed E-state index contributed by atoms with van der Waals surface area (Å²) in [6, 6.07) is 13.2. The van der Waals surface area contributed by atoms with Gasteiger partial charge in [0.1, 0.15) is 0 Å². The van der Waals surface area contributed by atoms with Gasteiger partial charge in [0.05, 0.1) is 11.1 Å². The molecule has 0 aliphatic carbocycles. The molecule has 0 saturated heterocycles. The maximum atomic E-state index is 12.3. The average molecular weight is 374 g/mol. The van der Waals surface area contributed by atoms with E-state index in [0.717, 1.165) is 20.9 Å². The van der Waals surface area contributed by atoms with Crippen LogP contribution in [0.2, 0.25) is 0 Å². The molecule has 3 aromatic rings. The van der Waals surface area contributed by atoms with E-state index in [1.54, 1.807) is 11.8 Å². The topological polar surface area (TPSA) is 70.4 Å². The van der Waals surface area contributed by atoms with Crippen LogP contribution in [-0.4, -0.2) is 31.5 Å². The van der Waals surface area contributed by atoms with Crippen LogP contribution < -0.4 is 14.9 Å². The van der Waals surface area contributed by atoms with E-state index in [9.17, 15) is 4.79 Å². The molecular formula is C17H18N4O2S2. The van der Waals surface area contributed by atoms with Gasteiger partial charge in [-0.1, -0.05) is 23.4 Å². The highest BCUT2D eigenvalue weighted by Gasteiger charge is 2.16. The van der Waals surface area contributed by atoms with E-state index in [0.29, 0.717) is 11.4 Å². The monoisotopic (exact) mass is 374 g/mol. The lowest BCUT2D eigenvalue weighted by Gasteiger charge is -2.13. The van der Waals surface area contributed by atoms with Gasteiger partial charge in [0.15, 0.2) is 11.4 Å². The molecule has 2 amide bonds. The van der Waals surface area contributed by atoms with Crippen molar-refractivity contribution >= 4 is 52.2 Å². The van der Waals surface area contributed by atoms with Gasteiger partial charge >= 0.3 is 6.03 Å². The van der Waals surface area contributed by atoms with Crippen LogP contribution in [0.15, 0.2) is 56.8 Å². The summed E-state index contributed by atoms with van der Waals surface area (Å²) in [7, 11) is 3.86. The lowest BCUT2D eigenvalue weighted by molar-refractivity contribution is 0.257. The number of nitrogens with zero attached hydrogens (tertiary/aromatic N) is 2. The van der Waals surface area contributed by atoms with E-state index in [2.05, 4.69) is 15.2 Å². The normalized spacial score (nSPS) is 10.7. The third-order valence-corrected chi connectivity index (χ3v) is 5.30. The number of aromatic nitrogens is 1. The zero-order valence-electron chi connectivity index (χ0n) is 14.1. The van der Waals surface area contributed by atoms with E-state index >= 15 is 0 Å². The molecular weight excluding hydrogens is 356 g/mol. The predicted octanol–water partition coefficient (Wildman–Crippen LogP) is 4.44. The minimum absolute atomic E-state index is 0.357. The van der Waals surface area contributed by atoms with Crippen molar-refractivity contribution in [1.82, 2.24) is 9.88 Å². The van der Waals surface area contributed by atoms with Gasteiger partial charge in [0.25, 0.3) is 0 Å². The maximum Gasteiger partial charge on any atom is 0.330 e. The zero-order valence-corrected chi connectivity index (χ0v) is 15.7. The van der Waals surface area contributed by atoms with Crippen molar-refractivity contribution in [1.29, 1.82) is 0 Å². The largest absolute Gasteiger partial charge is 0.377 e. The van der Waals surface area contributed by atoms with Crippen molar-refractivity contribution in [2.24, 2.45) is 0 Å². The summed E-state index contributed by atoms with van der Waals surface area (Å²) >= 11 is 2.90. The molecule has 0 fully saturated rings. The molecule has 1 aromatic heterocycles. The first-order valence-electron chi connectivity index (χ1n) is 7.52. The van der Waals surface area contributed by atoms with E-state index in [1.807, 2.05) is 67.7 Å². The van der Waals surface area contributed by atoms with Gasteiger partial charge in [-0.3, -0.25) is 10.0 Å². The lowest BCUT2D eigenvalue weighted by atomic mass is 10.2. The number of benzene rings is 2. The van der Waals surface area contributed by atoms with Gasteiger partial charge in [0, 0.05) is 23.9 Å². The Bertz CT molecular complexity index is 895. The molecule has 2 aromatic carbocycles. The number of carbonyl (C=O) groups is 1. The van der Waals surface area contributed by atoms with Crippen molar-refractivity contribution in [3.8, 4) is 0 Å². The molecule has 0 bridgehead atoms. The second kappa shape index (κ2) is 7.71. The Morgan fingerprint density at radius 3 is 2.60 bits per heavy atom. The van der Waals surface area contributed by atoms with E-state index in [-0.39, 0.29) is 6.03 Å². The first-order valence-corrected chi connectivity index (χ1v) is 9.57. The Hall–Kier alpha value is -2.32. The molecule has 1 heterocycles. The predicted molar refractivity (Wildman–Crippen MR) is 105 cm³/mol. The quantitative estimate of drug-likeness (QED) is 0.508. The summed E-state index contributed by atoms with van der Waals surface area (Å²) in [5.74, 6) is 0.399. The standard InChI is InChI=1S/C17H18N4O2S2/c1-21(2)11-7-6-8-12-15(11)16(19-23-12)18-17(22)20-25-14-10-5-4-9-13(14)24-3/h4-10H,1-3H3,(H2,18,19,20,22).